The van der Waals surface area contributed by atoms with E-state index in [4.69, 9.17) is 5.11 Å². The normalized spacial score (nSPS) is 12.4. The van der Waals surface area contributed by atoms with Gasteiger partial charge in [-0.15, -0.1) is 0 Å². The first-order valence-electron chi connectivity index (χ1n) is 5.04. The lowest BCUT2D eigenvalue weighted by Gasteiger charge is -2.14. The predicted molar refractivity (Wildman–Crippen MR) is 60.3 cm³/mol. The number of aliphatic hydroxyl groups excluding tert-OH is 1. The van der Waals surface area contributed by atoms with Crippen LogP contribution >= 0.6 is 0 Å². The van der Waals surface area contributed by atoms with Gasteiger partial charge in [-0.3, -0.25) is 0 Å². The molecule has 1 N–H and O–H groups in total. The Kier molecular flexibility index (Phi) is 5.78. The molecule has 1 atom stereocenters. The fourth-order valence-electron chi connectivity index (χ4n) is 0.781. The van der Waals surface area contributed by atoms with E-state index in [-0.39, 0.29) is 5.56 Å². The fraction of sp³-hybridized carbons (Fsp3) is 0.417. The summed E-state index contributed by atoms with van der Waals surface area (Å²) in [4.78, 5) is 10.1. The average Bonchev–Trinajstić information content (AvgIpc) is 2.15. The number of benzene rings is 1. The van der Waals surface area contributed by atoms with Crippen molar-refractivity contribution in [1.29, 1.82) is 0 Å². The Bertz CT molecular complexity index is 351. The van der Waals surface area contributed by atoms with Gasteiger partial charge in [0.1, 0.15) is 11.9 Å². The lowest BCUT2D eigenvalue weighted by atomic mass is 10.1. The number of rotatable bonds is 2. The van der Waals surface area contributed by atoms with E-state index >= 15 is 0 Å². The number of nitrogens with zero attached hydrogens (tertiary/aromatic N) is 1. The first-order chi connectivity index (χ1) is 7.61. The predicted octanol–water partition coefficient (Wildman–Crippen LogP) is -0.0686. The highest BCUT2D eigenvalue weighted by atomic mass is 19.1. The van der Waals surface area contributed by atoms with Crippen LogP contribution in [0.15, 0.2) is 24.3 Å². The highest BCUT2D eigenvalue weighted by Crippen LogP contribution is 2.11. The van der Waals surface area contributed by atoms with Gasteiger partial charge in [0.05, 0.1) is 34.2 Å². The molecule has 0 heterocycles. The molecular weight excluding hydrogens is 225 g/mol. The van der Waals surface area contributed by atoms with Crippen LogP contribution in [0, 0.1) is 5.82 Å². The van der Waals surface area contributed by atoms with Crippen molar-refractivity contribution in [1.82, 2.24) is 0 Å². The lowest BCUT2D eigenvalue weighted by molar-refractivity contribution is -0.849. The Hall–Kier alpha value is -1.46. The molecule has 1 aromatic rings. The van der Waals surface area contributed by atoms with Crippen LogP contribution < -0.4 is 5.11 Å². The number of hydrogen-bond donors (Lipinski definition) is 1. The van der Waals surface area contributed by atoms with Crippen LogP contribution in [0.5, 0.6) is 0 Å². The van der Waals surface area contributed by atoms with Crippen molar-refractivity contribution in [3.63, 3.8) is 0 Å². The largest absolute Gasteiger partial charge is 0.547 e. The SMILES string of the molecule is C[N+](C)(C)C.O=C([O-])C(O)c1ccc(F)cc1. The van der Waals surface area contributed by atoms with Gasteiger partial charge in [0.15, 0.2) is 0 Å². The molecule has 0 radical (unpaired) electrons. The number of carbonyl (C=O) groups is 1. The molecule has 0 aromatic heterocycles. The number of carboxylic acids is 1. The molecular formula is C12H18FNO3. The van der Waals surface area contributed by atoms with Crippen molar-refractivity contribution in [2.24, 2.45) is 0 Å². The number of aliphatic carboxylic acids is 1. The van der Waals surface area contributed by atoms with E-state index in [9.17, 15) is 14.3 Å². The van der Waals surface area contributed by atoms with Gasteiger partial charge in [0, 0.05) is 0 Å². The van der Waals surface area contributed by atoms with Crippen LogP contribution in [0.2, 0.25) is 0 Å². The monoisotopic (exact) mass is 243 g/mol. The van der Waals surface area contributed by atoms with Gasteiger partial charge in [-0.05, 0) is 17.7 Å². The molecule has 17 heavy (non-hydrogen) atoms. The molecule has 0 aliphatic heterocycles. The molecule has 1 unspecified atom stereocenters. The maximum atomic E-state index is 12.3. The number of halogens is 1. The summed E-state index contributed by atoms with van der Waals surface area (Å²) in [6, 6.07) is 4.52. The molecule has 0 amide bonds. The summed E-state index contributed by atoms with van der Waals surface area (Å²) in [5.74, 6) is -2.08. The second-order valence-corrected chi connectivity index (χ2v) is 4.96. The summed E-state index contributed by atoms with van der Waals surface area (Å²) in [7, 11) is 8.50. The van der Waals surface area contributed by atoms with Gasteiger partial charge in [-0.1, -0.05) is 12.1 Å². The molecule has 96 valence electrons. The maximum Gasteiger partial charge on any atom is 0.123 e. The Labute approximate surface area is 101 Å². The second-order valence-electron chi connectivity index (χ2n) is 4.96. The molecule has 0 aliphatic carbocycles. The standard InChI is InChI=1S/C8H7FO3.C4H12N/c9-6-3-1-5(2-4-6)7(10)8(11)12;1-5(2,3)4/h1-4,7,10H,(H,11,12);1-4H3/q;+1/p-1. The number of quaternary nitrogens is 1. The van der Waals surface area contributed by atoms with Crippen LogP contribution in [-0.2, 0) is 4.79 Å². The van der Waals surface area contributed by atoms with Crippen LogP contribution in [0.1, 0.15) is 11.7 Å². The van der Waals surface area contributed by atoms with Crippen LogP contribution in [-0.4, -0.2) is 43.7 Å². The third-order valence-electron chi connectivity index (χ3n) is 1.41. The van der Waals surface area contributed by atoms with Gasteiger partial charge in [-0.25, -0.2) is 4.39 Å². The van der Waals surface area contributed by atoms with E-state index in [1.807, 2.05) is 0 Å². The van der Waals surface area contributed by atoms with Crippen molar-refractivity contribution in [3.8, 4) is 0 Å². The van der Waals surface area contributed by atoms with Crippen molar-refractivity contribution in [2.45, 2.75) is 6.10 Å². The molecule has 1 rings (SSSR count). The number of carbonyl (C=O) groups excluding carboxylic acids is 1. The summed E-state index contributed by atoms with van der Waals surface area (Å²) in [6.45, 7) is 0. The van der Waals surface area contributed by atoms with Gasteiger partial charge >= 0.3 is 0 Å². The first-order valence-corrected chi connectivity index (χ1v) is 5.04. The Morgan fingerprint density at radius 1 is 1.24 bits per heavy atom. The Balaban J connectivity index is 0.000000437. The Morgan fingerprint density at radius 2 is 1.59 bits per heavy atom. The molecule has 0 saturated heterocycles. The molecule has 0 bridgehead atoms. The van der Waals surface area contributed by atoms with Crippen LogP contribution in [0.3, 0.4) is 0 Å². The minimum absolute atomic E-state index is 0.108. The van der Waals surface area contributed by atoms with Crippen LogP contribution in [0.4, 0.5) is 4.39 Å². The smallest absolute Gasteiger partial charge is 0.123 e. The van der Waals surface area contributed by atoms with Gasteiger partial charge in [0.2, 0.25) is 0 Å². The summed E-state index contributed by atoms with van der Waals surface area (Å²) in [5.41, 5.74) is 0.108. The third kappa shape index (κ3) is 8.36. The fourth-order valence-corrected chi connectivity index (χ4v) is 0.781. The van der Waals surface area contributed by atoms with Crippen molar-refractivity contribution in [3.05, 3.63) is 35.6 Å². The molecule has 0 saturated carbocycles. The summed E-state index contributed by atoms with van der Waals surface area (Å²) >= 11 is 0. The molecule has 0 spiro atoms. The van der Waals surface area contributed by atoms with E-state index in [0.717, 1.165) is 16.6 Å². The molecule has 0 aliphatic rings. The summed E-state index contributed by atoms with van der Waals surface area (Å²) in [6.07, 6.45) is -1.69. The minimum atomic E-state index is -1.69. The summed E-state index contributed by atoms with van der Waals surface area (Å²) < 4.78 is 13.3. The highest BCUT2D eigenvalue weighted by Gasteiger charge is 2.07. The van der Waals surface area contributed by atoms with E-state index in [2.05, 4.69) is 28.2 Å². The minimum Gasteiger partial charge on any atom is -0.547 e. The highest BCUT2D eigenvalue weighted by molar-refractivity contribution is 5.71. The van der Waals surface area contributed by atoms with Gasteiger partial charge < -0.3 is 19.5 Å². The maximum absolute atomic E-state index is 12.3. The van der Waals surface area contributed by atoms with Crippen LogP contribution in [0.25, 0.3) is 0 Å². The van der Waals surface area contributed by atoms with E-state index in [1.54, 1.807) is 0 Å². The van der Waals surface area contributed by atoms with Gasteiger partial charge in [0.25, 0.3) is 0 Å². The first kappa shape index (κ1) is 15.5. The van der Waals surface area contributed by atoms with Crippen molar-refractivity contribution < 1.29 is 23.9 Å². The molecule has 4 nitrogen and oxygen atoms in total. The topological polar surface area (TPSA) is 60.4 Å². The van der Waals surface area contributed by atoms with E-state index in [0.29, 0.717) is 0 Å². The van der Waals surface area contributed by atoms with Crippen molar-refractivity contribution >= 4 is 5.97 Å². The second kappa shape index (κ2) is 6.32. The summed E-state index contributed by atoms with van der Waals surface area (Å²) in [5, 5.41) is 19.0. The van der Waals surface area contributed by atoms with Gasteiger partial charge in [-0.2, -0.15) is 0 Å². The Morgan fingerprint density at radius 3 is 1.88 bits per heavy atom. The zero-order valence-corrected chi connectivity index (χ0v) is 10.5. The average molecular weight is 243 g/mol. The van der Waals surface area contributed by atoms with E-state index in [1.165, 1.54) is 12.1 Å². The molecule has 1 aromatic carbocycles. The zero-order chi connectivity index (χ0) is 13.6. The lowest BCUT2D eigenvalue weighted by Crippen LogP contribution is -2.29. The zero-order valence-electron chi connectivity index (χ0n) is 10.5. The van der Waals surface area contributed by atoms with Crippen molar-refractivity contribution in [2.75, 3.05) is 28.2 Å². The van der Waals surface area contributed by atoms with E-state index < -0.39 is 17.9 Å². The molecule has 5 heteroatoms. The number of hydrogen-bond acceptors (Lipinski definition) is 3. The number of aliphatic hydroxyl groups is 1. The third-order valence-corrected chi connectivity index (χ3v) is 1.41. The number of carboxylic acid groups (broad SMARTS) is 1. The molecule has 0 fully saturated rings. The quantitative estimate of drug-likeness (QED) is 0.740.